The molecule has 3 aromatic rings. The van der Waals surface area contributed by atoms with Gasteiger partial charge in [-0.3, -0.25) is 9.36 Å². The van der Waals surface area contributed by atoms with Crippen molar-refractivity contribution in [1.29, 1.82) is 5.26 Å². The van der Waals surface area contributed by atoms with E-state index in [0.29, 0.717) is 11.1 Å². The van der Waals surface area contributed by atoms with Gasteiger partial charge in [-0.1, -0.05) is 11.6 Å². The van der Waals surface area contributed by atoms with Gasteiger partial charge in [0, 0.05) is 16.8 Å². The summed E-state index contributed by atoms with van der Waals surface area (Å²) >= 11 is 11.7. The molecular formula is C20H14Cl2F3N5O2. The van der Waals surface area contributed by atoms with Crippen LogP contribution >= 0.6 is 23.2 Å². The highest BCUT2D eigenvalue weighted by Crippen LogP contribution is 2.30. The Morgan fingerprint density at radius 3 is 2.59 bits per heavy atom. The van der Waals surface area contributed by atoms with E-state index in [0.717, 1.165) is 10.9 Å². The quantitative estimate of drug-likeness (QED) is 0.490. The maximum absolute atomic E-state index is 13.5. The van der Waals surface area contributed by atoms with Crippen LogP contribution in [-0.2, 0) is 25.6 Å². The molecule has 0 aliphatic carbocycles. The number of hydrogen-bond acceptors (Lipinski definition) is 6. The van der Waals surface area contributed by atoms with E-state index in [1.807, 2.05) is 6.07 Å². The Morgan fingerprint density at radius 2 is 1.94 bits per heavy atom. The van der Waals surface area contributed by atoms with Gasteiger partial charge in [-0.05, 0) is 48.2 Å². The fourth-order valence-corrected chi connectivity index (χ4v) is 3.47. The summed E-state index contributed by atoms with van der Waals surface area (Å²) in [5.74, 6) is 0.0845. The van der Waals surface area contributed by atoms with E-state index in [-0.39, 0.29) is 41.1 Å². The van der Waals surface area contributed by atoms with E-state index in [9.17, 15) is 18.0 Å². The number of benzene rings is 1. The van der Waals surface area contributed by atoms with Gasteiger partial charge in [-0.15, -0.1) is 0 Å². The minimum Gasteiger partial charge on any atom is -0.481 e. The van der Waals surface area contributed by atoms with Crippen molar-refractivity contribution >= 4 is 23.2 Å². The molecule has 2 heterocycles. The van der Waals surface area contributed by atoms with E-state index < -0.39 is 23.0 Å². The Kier molecular flexibility index (Phi) is 7.01. The van der Waals surface area contributed by atoms with Crippen LogP contribution in [0.4, 0.5) is 13.2 Å². The summed E-state index contributed by atoms with van der Waals surface area (Å²) < 4.78 is 46.7. The lowest BCUT2D eigenvalue weighted by Crippen LogP contribution is -2.30. The first kappa shape index (κ1) is 23.5. The number of nitriles is 1. The van der Waals surface area contributed by atoms with Crippen molar-refractivity contribution in [2.24, 2.45) is 0 Å². The van der Waals surface area contributed by atoms with Crippen LogP contribution in [0.2, 0.25) is 10.3 Å². The molecule has 32 heavy (non-hydrogen) atoms. The van der Waals surface area contributed by atoms with Gasteiger partial charge in [0.2, 0.25) is 11.2 Å². The van der Waals surface area contributed by atoms with Crippen LogP contribution < -0.4 is 10.3 Å². The van der Waals surface area contributed by atoms with Crippen LogP contribution in [0.25, 0.3) is 0 Å². The summed E-state index contributed by atoms with van der Waals surface area (Å²) in [4.78, 5) is 24.1. The first-order chi connectivity index (χ1) is 15.1. The van der Waals surface area contributed by atoms with Crippen molar-refractivity contribution in [3.05, 3.63) is 79.3 Å². The zero-order valence-electron chi connectivity index (χ0n) is 16.5. The number of rotatable bonds is 6. The maximum atomic E-state index is 13.5. The molecule has 0 atom stereocenters. The van der Waals surface area contributed by atoms with Crippen LogP contribution in [0.15, 0.2) is 35.5 Å². The number of alkyl halides is 3. The molecule has 0 aliphatic rings. The third-order valence-corrected chi connectivity index (χ3v) is 4.88. The third-order valence-electron chi connectivity index (χ3n) is 4.48. The molecule has 0 N–H and O–H groups in total. The van der Waals surface area contributed by atoms with Gasteiger partial charge in [0.1, 0.15) is 0 Å². The number of nitrogens with zero attached hydrogens (tertiary/aromatic N) is 5. The Bertz CT molecular complexity index is 1260. The van der Waals surface area contributed by atoms with Crippen molar-refractivity contribution in [2.45, 2.75) is 25.6 Å². The number of halogens is 5. The first-order valence-corrected chi connectivity index (χ1v) is 9.78. The van der Waals surface area contributed by atoms with Crippen LogP contribution in [0.3, 0.4) is 0 Å². The molecule has 0 unspecified atom stereocenters. The van der Waals surface area contributed by atoms with E-state index in [1.165, 1.54) is 31.5 Å². The Morgan fingerprint density at radius 1 is 1.19 bits per heavy atom. The molecule has 0 saturated heterocycles. The lowest BCUT2D eigenvalue weighted by molar-refractivity contribution is -0.142. The fraction of sp³-hybridized carbons (Fsp3) is 0.250. The van der Waals surface area contributed by atoms with Crippen molar-refractivity contribution in [3.63, 3.8) is 0 Å². The van der Waals surface area contributed by atoms with Crippen LogP contribution in [0.5, 0.6) is 5.88 Å². The second kappa shape index (κ2) is 9.54. The molecule has 0 radical (unpaired) electrons. The highest BCUT2D eigenvalue weighted by molar-refractivity contribution is 6.30. The Labute approximate surface area is 190 Å². The number of hydrogen-bond donors (Lipinski definition) is 0. The predicted molar refractivity (Wildman–Crippen MR) is 110 cm³/mol. The van der Waals surface area contributed by atoms with Crippen LogP contribution in [-0.4, -0.2) is 26.6 Å². The normalized spacial score (nSPS) is 11.3. The lowest BCUT2D eigenvalue weighted by atomic mass is 10.0. The monoisotopic (exact) mass is 483 g/mol. The van der Waals surface area contributed by atoms with E-state index in [4.69, 9.17) is 33.2 Å². The van der Waals surface area contributed by atoms with Gasteiger partial charge in [0.05, 0.1) is 37.2 Å². The average Bonchev–Trinajstić information content (AvgIpc) is 2.73. The van der Waals surface area contributed by atoms with Gasteiger partial charge in [-0.2, -0.15) is 23.4 Å². The summed E-state index contributed by atoms with van der Waals surface area (Å²) in [7, 11) is 1.34. The summed E-state index contributed by atoms with van der Waals surface area (Å²) in [6, 6.07) is 6.40. The molecular weight excluding hydrogens is 470 g/mol. The lowest BCUT2D eigenvalue weighted by Gasteiger charge is -2.15. The second-order valence-electron chi connectivity index (χ2n) is 6.64. The van der Waals surface area contributed by atoms with Crippen molar-refractivity contribution in [1.82, 2.24) is 19.5 Å². The number of aryl methyl sites for hydroxylation is 1. The summed E-state index contributed by atoms with van der Waals surface area (Å²) in [5, 5.41) is 9.24. The molecule has 2 aromatic heterocycles. The molecule has 3 rings (SSSR count). The van der Waals surface area contributed by atoms with Crippen molar-refractivity contribution in [2.75, 3.05) is 7.11 Å². The van der Waals surface area contributed by atoms with E-state index >= 15 is 0 Å². The van der Waals surface area contributed by atoms with Gasteiger partial charge in [-0.25, -0.2) is 9.97 Å². The van der Waals surface area contributed by atoms with Gasteiger partial charge < -0.3 is 4.74 Å². The van der Waals surface area contributed by atoms with Crippen LogP contribution in [0.1, 0.15) is 27.9 Å². The predicted octanol–water partition coefficient (Wildman–Crippen LogP) is 4.07. The molecule has 0 spiro atoms. The minimum absolute atomic E-state index is 0.0482. The second-order valence-corrected chi connectivity index (χ2v) is 7.41. The van der Waals surface area contributed by atoms with E-state index in [2.05, 4.69) is 15.0 Å². The standard InChI is InChI=1S/C20H14Cl2F3N5O2/c1-32-17-13(8-27-19(22)29-17)9-30-10-28-16(20(23,24)25)15(18(30)31)3-2-11-4-12(7-26)6-14(21)5-11/h4-6,8,10H,2-3,9H2,1H3. The molecule has 12 heteroatoms. The smallest absolute Gasteiger partial charge is 0.433 e. The Balaban J connectivity index is 2.00. The summed E-state index contributed by atoms with van der Waals surface area (Å²) in [6.45, 7) is -0.174. The fourth-order valence-electron chi connectivity index (χ4n) is 3.08. The third kappa shape index (κ3) is 5.36. The first-order valence-electron chi connectivity index (χ1n) is 9.03. The number of methoxy groups -OCH3 is 1. The molecule has 0 bridgehead atoms. The maximum Gasteiger partial charge on any atom is 0.433 e. The molecule has 7 nitrogen and oxygen atoms in total. The number of ether oxygens (including phenoxy) is 1. The summed E-state index contributed by atoms with van der Waals surface area (Å²) in [6.07, 6.45) is -2.91. The number of aromatic nitrogens is 4. The molecule has 0 fully saturated rings. The zero-order valence-corrected chi connectivity index (χ0v) is 18.0. The minimum atomic E-state index is -4.82. The SMILES string of the molecule is COc1nc(Cl)ncc1Cn1cnc(C(F)(F)F)c(CCc2cc(Cl)cc(C#N)c2)c1=O. The average molecular weight is 484 g/mol. The molecule has 166 valence electrons. The largest absolute Gasteiger partial charge is 0.481 e. The van der Waals surface area contributed by atoms with Crippen LogP contribution in [0, 0.1) is 11.3 Å². The highest BCUT2D eigenvalue weighted by Gasteiger charge is 2.37. The Hall–Kier alpha value is -3.16. The van der Waals surface area contributed by atoms with Gasteiger partial charge >= 0.3 is 6.18 Å². The van der Waals surface area contributed by atoms with Crippen molar-refractivity contribution < 1.29 is 17.9 Å². The molecule has 1 aromatic carbocycles. The van der Waals surface area contributed by atoms with Crippen molar-refractivity contribution in [3.8, 4) is 11.9 Å². The topological polar surface area (TPSA) is 93.7 Å². The van der Waals surface area contributed by atoms with E-state index in [1.54, 1.807) is 0 Å². The summed E-state index contributed by atoms with van der Waals surface area (Å²) in [5.41, 5.74) is -1.52. The molecule has 0 saturated carbocycles. The molecule has 0 amide bonds. The zero-order chi connectivity index (χ0) is 23.5. The highest BCUT2D eigenvalue weighted by atomic mass is 35.5. The van der Waals surface area contributed by atoms with Gasteiger partial charge in [0.25, 0.3) is 5.56 Å². The molecule has 0 aliphatic heterocycles. The van der Waals surface area contributed by atoms with Gasteiger partial charge in [0.15, 0.2) is 5.69 Å².